The van der Waals surface area contributed by atoms with E-state index in [9.17, 15) is 4.79 Å². The molecule has 0 unspecified atom stereocenters. The summed E-state index contributed by atoms with van der Waals surface area (Å²) in [6, 6.07) is 0. The summed E-state index contributed by atoms with van der Waals surface area (Å²) in [7, 11) is 1.34. The Hall–Kier alpha value is -0.970. The number of carbonyl (C=O) groups excluding carboxylic acids is 1. The maximum atomic E-state index is 11.1. The Balaban J connectivity index is 2.83. The minimum absolute atomic E-state index is 0.331. The predicted molar refractivity (Wildman–Crippen MR) is 50.2 cm³/mol. The molecule has 0 saturated heterocycles. The molecule has 0 aliphatic heterocycles. The zero-order chi connectivity index (χ0) is 9.84. The highest BCUT2D eigenvalue weighted by atomic mass is 79.9. The first-order valence-electron chi connectivity index (χ1n) is 3.70. The SMILES string of the molecule is COC(=O)[C@H](C)c1ncc(Br)cn1. The third kappa shape index (κ3) is 2.48. The minimum Gasteiger partial charge on any atom is -0.468 e. The number of methoxy groups -OCH3 is 1. The maximum absolute atomic E-state index is 11.1. The maximum Gasteiger partial charge on any atom is 0.316 e. The van der Waals surface area contributed by atoms with Gasteiger partial charge in [-0.05, 0) is 22.9 Å². The number of ether oxygens (including phenoxy) is 1. The van der Waals surface area contributed by atoms with Gasteiger partial charge in [-0.1, -0.05) is 0 Å². The third-order valence-electron chi connectivity index (χ3n) is 1.58. The molecule has 13 heavy (non-hydrogen) atoms. The average molecular weight is 245 g/mol. The highest BCUT2D eigenvalue weighted by Crippen LogP contribution is 2.13. The van der Waals surface area contributed by atoms with Crippen molar-refractivity contribution < 1.29 is 9.53 Å². The van der Waals surface area contributed by atoms with Gasteiger partial charge in [0, 0.05) is 12.4 Å². The largest absolute Gasteiger partial charge is 0.468 e. The Morgan fingerprint density at radius 2 is 2.08 bits per heavy atom. The van der Waals surface area contributed by atoms with E-state index >= 15 is 0 Å². The molecule has 5 heteroatoms. The molecule has 0 aliphatic carbocycles. The van der Waals surface area contributed by atoms with Crippen molar-refractivity contribution >= 4 is 21.9 Å². The van der Waals surface area contributed by atoms with Crippen LogP contribution in [0.4, 0.5) is 0 Å². The first-order valence-corrected chi connectivity index (χ1v) is 4.49. The van der Waals surface area contributed by atoms with Crippen LogP contribution in [0.1, 0.15) is 18.7 Å². The van der Waals surface area contributed by atoms with Crippen molar-refractivity contribution in [3.05, 3.63) is 22.7 Å². The van der Waals surface area contributed by atoms with Gasteiger partial charge in [0.1, 0.15) is 11.7 Å². The average Bonchev–Trinajstić information content (AvgIpc) is 2.17. The number of carbonyl (C=O) groups is 1. The second-order valence-corrected chi connectivity index (χ2v) is 3.42. The molecule has 0 spiro atoms. The van der Waals surface area contributed by atoms with Crippen LogP contribution in [0.5, 0.6) is 0 Å². The highest BCUT2D eigenvalue weighted by molar-refractivity contribution is 9.10. The fourth-order valence-corrected chi connectivity index (χ4v) is 1.03. The van der Waals surface area contributed by atoms with Gasteiger partial charge in [-0.3, -0.25) is 4.79 Å². The summed E-state index contributed by atoms with van der Waals surface area (Å²) in [6.45, 7) is 1.70. The van der Waals surface area contributed by atoms with Crippen LogP contribution in [0.25, 0.3) is 0 Å². The van der Waals surface area contributed by atoms with Crippen molar-refractivity contribution in [2.24, 2.45) is 0 Å². The Bertz CT molecular complexity index is 300. The molecule has 70 valence electrons. The quantitative estimate of drug-likeness (QED) is 0.741. The van der Waals surface area contributed by atoms with E-state index in [0.29, 0.717) is 5.82 Å². The molecular weight excluding hydrogens is 236 g/mol. The van der Waals surface area contributed by atoms with Crippen LogP contribution in [0, 0.1) is 0 Å². The van der Waals surface area contributed by atoms with Crippen molar-refractivity contribution in [3.8, 4) is 0 Å². The molecule has 1 rings (SSSR count). The lowest BCUT2D eigenvalue weighted by Gasteiger charge is -2.06. The summed E-state index contributed by atoms with van der Waals surface area (Å²) in [5.74, 6) is -0.282. The highest BCUT2D eigenvalue weighted by Gasteiger charge is 2.17. The summed E-state index contributed by atoms with van der Waals surface area (Å²) < 4.78 is 5.35. The molecule has 4 nitrogen and oxygen atoms in total. The standard InChI is InChI=1S/C8H9BrN2O2/c1-5(8(12)13-2)7-10-3-6(9)4-11-7/h3-5H,1-2H3/t5-/m1/s1. The number of aromatic nitrogens is 2. The van der Waals surface area contributed by atoms with Crippen LogP contribution < -0.4 is 0 Å². The second kappa shape index (κ2) is 4.32. The van der Waals surface area contributed by atoms with Gasteiger partial charge in [0.2, 0.25) is 0 Å². The molecule has 1 heterocycles. The molecule has 0 radical (unpaired) electrons. The summed E-state index contributed by atoms with van der Waals surface area (Å²) in [4.78, 5) is 19.1. The van der Waals surface area contributed by atoms with Gasteiger partial charge in [0.05, 0.1) is 11.6 Å². The number of halogens is 1. The van der Waals surface area contributed by atoms with Crippen molar-refractivity contribution in [2.45, 2.75) is 12.8 Å². The molecule has 1 aromatic heterocycles. The monoisotopic (exact) mass is 244 g/mol. The van der Waals surface area contributed by atoms with Crippen molar-refractivity contribution in [1.82, 2.24) is 9.97 Å². The topological polar surface area (TPSA) is 52.1 Å². The molecule has 1 aromatic rings. The molecule has 0 aliphatic rings. The van der Waals surface area contributed by atoms with Crippen molar-refractivity contribution in [3.63, 3.8) is 0 Å². The van der Waals surface area contributed by atoms with Crippen molar-refractivity contribution in [2.75, 3.05) is 7.11 Å². The first kappa shape index (κ1) is 10.1. The molecule has 0 saturated carbocycles. The lowest BCUT2D eigenvalue weighted by Crippen LogP contribution is -2.13. The number of esters is 1. The summed E-state index contributed by atoms with van der Waals surface area (Å²) in [5.41, 5.74) is 0. The number of hydrogen-bond acceptors (Lipinski definition) is 4. The van der Waals surface area contributed by atoms with Gasteiger partial charge in [0.25, 0.3) is 0 Å². The van der Waals surface area contributed by atoms with Crippen LogP contribution in [-0.2, 0) is 9.53 Å². The van der Waals surface area contributed by atoms with E-state index in [-0.39, 0.29) is 5.97 Å². The zero-order valence-corrected chi connectivity index (χ0v) is 8.91. The van der Waals surface area contributed by atoms with Gasteiger partial charge in [-0.2, -0.15) is 0 Å². The van der Waals surface area contributed by atoms with E-state index in [1.165, 1.54) is 7.11 Å². The predicted octanol–water partition coefficient (Wildman–Crippen LogP) is 1.52. The van der Waals surface area contributed by atoms with E-state index in [1.807, 2.05) is 0 Å². The number of nitrogens with zero attached hydrogens (tertiary/aromatic N) is 2. The molecule has 0 bridgehead atoms. The normalized spacial score (nSPS) is 12.2. The zero-order valence-electron chi connectivity index (χ0n) is 7.32. The third-order valence-corrected chi connectivity index (χ3v) is 1.99. The second-order valence-electron chi connectivity index (χ2n) is 2.50. The van der Waals surface area contributed by atoms with E-state index in [4.69, 9.17) is 0 Å². The van der Waals surface area contributed by atoms with Gasteiger partial charge < -0.3 is 4.74 Å². The molecule has 0 N–H and O–H groups in total. The number of hydrogen-bond donors (Lipinski definition) is 0. The van der Waals surface area contributed by atoms with Crippen LogP contribution in [0.3, 0.4) is 0 Å². The molecule has 0 fully saturated rings. The molecular formula is C8H9BrN2O2. The van der Waals surface area contributed by atoms with E-state index in [2.05, 4.69) is 30.6 Å². The van der Waals surface area contributed by atoms with E-state index in [0.717, 1.165) is 4.47 Å². The van der Waals surface area contributed by atoms with Gasteiger partial charge in [0.15, 0.2) is 0 Å². The molecule has 0 aromatic carbocycles. The summed E-state index contributed by atoms with van der Waals surface area (Å²) in [5, 5.41) is 0. The molecule has 1 atom stereocenters. The fourth-order valence-electron chi connectivity index (χ4n) is 0.828. The Morgan fingerprint density at radius 1 is 1.54 bits per heavy atom. The smallest absolute Gasteiger partial charge is 0.316 e. The Labute approximate surface area is 84.5 Å². The van der Waals surface area contributed by atoms with Crippen LogP contribution in [-0.4, -0.2) is 23.0 Å². The Kier molecular flexibility index (Phi) is 3.36. The summed E-state index contributed by atoms with van der Waals surface area (Å²) in [6.07, 6.45) is 3.20. The van der Waals surface area contributed by atoms with Gasteiger partial charge in [-0.15, -0.1) is 0 Å². The molecule has 0 amide bonds. The van der Waals surface area contributed by atoms with E-state index in [1.54, 1.807) is 19.3 Å². The van der Waals surface area contributed by atoms with Crippen LogP contribution in [0.15, 0.2) is 16.9 Å². The van der Waals surface area contributed by atoms with Crippen molar-refractivity contribution in [1.29, 1.82) is 0 Å². The van der Waals surface area contributed by atoms with Gasteiger partial charge in [-0.25, -0.2) is 9.97 Å². The number of rotatable bonds is 2. The van der Waals surface area contributed by atoms with Crippen LogP contribution >= 0.6 is 15.9 Å². The summed E-state index contributed by atoms with van der Waals surface area (Å²) >= 11 is 3.21. The van der Waals surface area contributed by atoms with E-state index < -0.39 is 5.92 Å². The first-order chi connectivity index (χ1) is 6.15. The fraction of sp³-hybridized carbons (Fsp3) is 0.375. The lowest BCUT2D eigenvalue weighted by molar-refractivity contribution is -0.142. The minimum atomic E-state index is -0.418. The Morgan fingerprint density at radius 3 is 2.54 bits per heavy atom. The van der Waals surface area contributed by atoms with Gasteiger partial charge >= 0.3 is 5.97 Å². The van der Waals surface area contributed by atoms with Crippen LogP contribution in [0.2, 0.25) is 0 Å². The lowest BCUT2D eigenvalue weighted by atomic mass is 10.2.